The van der Waals surface area contributed by atoms with Crippen LogP contribution in [0.15, 0.2) is 24.3 Å². The molecule has 0 saturated carbocycles. The SMILES string of the molecule is CCOc1ccccc1C(=O)NCC(=O)OCC(=O)C(C)(C)C. The first-order valence-corrected chi connectivity index (χ1v) is 7.44. The number of carbonyl (C=O) groups is 3. The summed E-state index contributed by atoms with van der Waals surface area (Å²) in [6.07, 6.45) is 0. The number of nitrogens with one attached hydrogen (secondary N) is 1. The number of hydrogen-bond donors (Lipinski definition) is 1. The molecule has 0 heterocycles. The van der Waals surface area contributed by atoms with E-state index in [1.165, 1.54) is 0 Å². The van der Waals surface area contributed by atoms with Crippen molar-refractivity contribution < 1.29 is 23.9 Å². The second kappa shape index (κ2) is 8.31. The Labute approximate surface area is 136 Å². The van der Waals surface area contributed by atoms with Gasteiger partial charge in [0, 0.05) is 5.41 Å². The standard InChI is InChI=1S/C17H23NO5/c1-5-22-13-9-7-6-8-12(13)16(21)18-10-15(20)23-11-14(19)17(2,3)4/h6-9H,5,10-11H2,1-4H3,(H,18,21). The fourth-order valence-electron chi connectivity index (χ4n) is 1.60. The van der Waals surface area contributed by atoms with Crippen LogP contribution in [0.2, 0.25) is 0 Å². The maximum absolute atomic E-state index is 12.1. The summed E-state index contributed by atoms with van der Waals surface area (Å²) in [5.74, 6) is -0.833. The Morgan fingerprint density at radius 2 is 1.78 bits per heavy atom. The van der Waals surface area contributed by atoms with Gasteiger partial charge in [-0.1, -0.05) is 32.9 Å². The van der Waals surface area contributed by atoms with E-state index >= 15 is 0 Å². The van der Waals surface area contributed by atoms with Crippen molar-refractivity contribution in [3.05, 3.63) is 29.8 Å². The molecule has 1 aromatic carbocycles. The van der Waals surface area contributed by atoms with E-state index in [0.717, 1.165) is 0 Å². The zero-order valence-corrected chi connectivity index (χ0v) is 14.0. The molecular formula is C17H23NO5. The first-order valence-electron chi connectivity index (χ1n) is 7.44. The molecule has 0 fully saturated rings. The molecule has 6 nitrogen and oxygen atoms in total. The first kappa shape index (κ1) is 18.7. The largest absolute Gasteiger partial charge is 0.493 e. The van der Waals surface area contributed by atoms with E-state index in [1.54, 1.807) is 45.0 Å². The molecule has 0 aliphatic heterocycles. The van der Waals surface area contributed by atoms with Gasteiger partial charge >= 0.3 is 5.97 Å². The van der Waals surface area contributed by atoms with Gasteiger partial charge in [-0.25, -0.2) is 0 Å². The Hall–Kier alpha value is -2.37. The first-order chi connectivity index (χ1) is 10.8. The minimum absolute atomic E-state index is 0.182. The highest BCUT2D eigenvalue weighted by atomic mass is 16.5. The van der Waals surface area contributed by atoms with Gasteiger partial charge in [0.25, 0.3) is 5.91 Å². The fourth-order valence-corrected chi connectivity index (χ4v) is 1.60. The molecular weight excluding hydrogens is 298 g/mol. The second-order valence-electron chi connectivity index (χ2n) is 5.95. The number of Topliss-reactive ketones (excluding diaryl/α,β-unsaturated/α-hetero) is 1. The van der Waals surface area contributed by atoms with Crippen molar-refractivity contribution >= 4 is 17.7 Å². The van der Waals surface area contributed by atoms with Gasteiger partial charge < -0.3 is 14.8 Å². The van der Waals surface area contributed by atoms with Crippen LogP contribution in [0.3, 0.4) is 0 Å². The van der Waals surface area contributed by atoms with E-state index < -0.39 is 17.3 Å². The number of amides is 1. The Morgan fingerprint density at radius 3 is 2.39 bits per heavy atom. The van der Waals surface area contributed by atoms with Gasteiger partial charge in [-0.05, 0) is 19.1 Å². The van der Waals surface area contributed by atoms with Crippen molar-refractivity contribution in [3.8, 4) is 5.75 Å². The van der Waals surface area contributed by atoms with Crippen LogP contribution in [-0.4, -0.2) is 37.4 Å². The van der Waals surface area contributed by atoms with Crippen LogP contribution < -0.4 is 10.1 Å². The van der Waals surface area contributed by atoms with Crippen LogP contribution in [0.25, 0.3) is 0 Å². The molecule has 23 heavy (non-hydrogen) atoms. The van der Waals surface area contributed by atoms with Crippen LogP contribution >= 0.6 is 0 Å². The third-order valence-electron chi connectivity index (χ3n) is 3.03. The van der Waals surface area contributed by atoms with E-state index in [0.29, 0.717) is 17.9 Å². The molecule has 0 spiro atoms. The van der Waals surface area contributed by atoms with Gasteiger partial charge in [0.05, 0.1) is 12.2 Å². The molecule has 0 bridgehead atoms. The van der Waals surface area contributed by atoms with Crippen molar-refractivity contribution in [1.82, 2.24) is 5.32 Å². The van der Waals surface area contributed by atoms with Crippen molar-refractivity contribution in [2.24, 2.45) is 5.41 Å². The average Bonchev–Trinajstić information content (AvgIpc) is 2.50. The molecule has 0 aliphatic carbocycles. The fraction of sp³-hybridized carbons (Fsp3) is 0.471. The zero-order valence-electron chi connectivity index (χ0n) is 14.0. The van der Waals surface area contributed by atoms with Gasteiger partial charge in [0.1, 0.15) is 12.3 Å². The van der Waals surface area contributed by atoms with Gasteiger partial charge in [-0.2, -0.15) is 0 Å². The van der Waals surface area contributed by atoms with Crippen LogP contribution in [0, 0.1) is 5.41 Å². The average molecular weight is 321 g/mol. The molecule has 0 aliphatic rings. The zero-order chi connectivity index (χ0) is 17.5. The molecule has 1 N–H and O–H groups in total. The third kappa shape index (κ3) is 6.10. The molecule has 0 saturated heterocycles. The summed E-state index contributed by atoms with van der Waals surface area (Å²) in [5.41, 5.74) is -0.229. The number of carbonyl (C=O) groups excluding carboxylic acids is 3. The van der Waals surface area contributed by atoms with Gasteiger partial charge in [-0.15, -0.1) is 0 Å². The maximum atomic E-state index is 12.1. The summed E-state index contributed by atoms with van der Waals surface area (Å²) in [5, 5.41) is 2.46. The van der Waals surface area contributed by atoms with Gasteiger partial charge in [0.15, 0.2) is 12.4 Å². The minimum atomic E-state index is -0.662. The quantitative estimate of drug-likeness (QED) is 0.777. The van der Waals surface area contributed by atoms with Crippen molar-refractivity contribution in [2.75, 3.05) is 19.8 Å². The van der Waals surface area contributed by atoms with Crippen molar-refractivity contribution in [1.29, 1.82) is 0 Å². The Kier molecular flexibility index (Phi) is 6.75. The van der Waals surface area contributed by atoms with E-state index in [1.807, 2.05) is 6.92 Å². The highest BCUT2D eigenvalue weighted by Crippen LogP contribution is 2.17. The summed E-state index contributed by atoms with van der Waals surface area (Å²) in [6.45, 7) is 6.88. The lowest BCUT2D eigenvalue weighted by Crippen LogP contribution is -2.33. The van der Waals surface area contributed by atoms with Crippen LogP contribution in [-0.2, 0) is 14.3 Å². The van der Waals surface area contributed by atoms with Crippen molar-refractivity contribution in [2.45, 2.75) is 27.7 Å². The molecule has 0 unspecified atom stereocenters. The number of ketones is 1. The number of hydrogen-bond acceptors (Lipinski definition) is 5. The summed E-state index contributed by atoms with van der Waals surface area (Å²) in [7, 11) is 0. The second-order valence-corrected chi connectivity index (χ2v) is 5.95. The van der Waals surface area contributed by atoms with Gasteiger partial charge in [-0.3, -0.25) is 14.4 Å². The molecule has 1 rings (SSSR count). The number of benzene rings is 1. The van der Waals surface area contributed by atoms with Crippen LogP contribution in [0.4, 0.5) is 0 Å². The van der Waals surface area contributed by atoms with E-state index in [4.69, 9.17) is 9.47 Å². The molecule has 0 atom stereocenters. The topological polar surface area (TPSA) is 81.7 Å². The molecule has 6 heteroatoms. The number of rotatable bonds is 7. The maximum Gasteiger partial charge on any atom is 0.325 e. The van der Waals surface area contributed by atoms with Gasteiger partial charge in [0.2, 0.25) is 0 Å². The lowest BCUT2D eigenvalue weighted by Gasteiger charge is -2.16. The smallest absolute Gasteiger partial charge is 0.325 e. The minimum Gasteiger partial charge on any atom is -0.493 e. The third-order valence-corrected chi connectivity index (χ3v) is 3.03. The highest BCUT2D eigenvalue weighted by Gasteiger charge is 2.22. The highest BCUT2D eigenvalue weighted by molar-refractivity contribution is 5.98. The van der Waals surface area contributed by atoms with E-state index in [2.05, 4.69) is 5.32 Å². The molecule has 0 radical (unpaired) electrons. The predicted molar refractivity (Wildman–Crippen MR) is 85.4 cm³/mol. The molecule has 0 aromatic heterocycles. The number of ether oxygens (including phenoxy) is 2. The summed E-state index contributed by atoms with van der Waals surface area (Å²) in [6, 6.07) is 6.75. The molecule has 126 valence electrons. The lowest BCUT2D eigenvalue weighted by atomic mass is 9.91. The number of esters is 1. The predicted octanol–water partition coefficient (Wildman–Crippen LogP) is 1.97. The lowest BCUT2D eigenvalue weighted by molar-refractivity contribution is -0.149. The molecule has 1 amide bonds. The van der Waals surface area contributed by atoms with Crippen LogP contribution in [0.1, 0.15) is 38.1 Å². The summed E-state index contributed by atoms with van der Waals surface area (Å²) >= 11 is 0. The van der Waals surface area contributed by atoms with E-state index in [9.17, 15) is 14.4 Å². The molecule has 1 aromatic rings. The number of para-hydroxylation sites is 1. The summed E-state index contributed by atoms with van der Waals surface area (Å²) in [4.78, 5) is 35.3. The Bertz CT molecular complexity index is 575. The normalized spacial score (nSPS) is 10.8. The monoisotopic (exact) mass is 321 g/mol. The van der Waals surface area contributed by atoms with E-state index in [-0.39, 0.29) is 18.9 Å². The Balaban J connectivity index is 2.50. The summed E-state index contributed by atoms with van der Waals surface area (Å²) < 4.78 is 10.2. The van der Waals surface area contributed by atoms with Crippen LogP contribution in [0.5, 0.6) is 5.75 Å². The Morgan fingerprint density at radius 1 is 1.13 bits per heavy atom. The van der Waals surface area contributed by atoms with Crippen molar-refractivity contribution in [3.63, 3.8) is 0 Å².